The second-order valence-corrected chi connectivity index (χ2v) is 17.9. The molecule has 302 valence electrons. The first kappa shape index (κ1) is 36.7. The summed E-state index contributed by atoms with van der Waals surface area (Å²) in [7, 11) is 0. The molecule has 0 spiro atoms. The van der Waals surface area contributed by atoms with Crippen molar-refractivity contribution in [1.82, 2.24) is 0 Å². The van der Waals surface area contributed by atoms with Crippen molar-refractivity contribution in [3.05, 3.63) is 258 Å². The summed E-state index contributed by atoms with van der Waals surface area (Å²) in [6.07, 6.45) is 0. The van der Waals surface area contributed by atoms with Crippen LogP contribution in [0.1, 0.15) is 47.2 Å². The molecule has 0 atom stereocenters. The molecule has 11 aromatic rings. The van der Waals surface area contributed by atoms with Crippen molar-refractivity contribution in [2.24, 2.45) is 0 Å². The summed E-state index contributed by atoms with van der Waals surface area (Å²) in [6, 6.07) is 82.7. The third-order valence-electron chi connectivity index (χ3n) is 14.3. The first-order valence-corrected chi connectivity index (χ1v) is 22.3. The van der Waals surface area contributed by atoms with E-state index in [1.54, 1.807) is 0 Å². The predicted octanol–water partition coefficient (Wildman–Crippen LogP) is 16.5. The van der Waals surface area contributed by atoms with Gasteiger partial charge < -0.3 is 9.32 Å². The molecule has 0 aliphatic heterocycles. The fraction of sp³-hybridized carbons (Fsp3) is 0.0645. The van der Waals surface area contributed by atoms with Crippen LogP contribution in [0.15, 0.2) is 229 Å². The largest absolute Gasteiger partial charge is 0.455 e. The molecule has 2 aliphatic rings. The topological polar surface area (TPSA) is 16.4 Å². The van der Waals surface area contributed by atoms with Crippen LogP contribution in [0.4, 0.5) is 17.1 Å². The molecule has 2 nitrogen and oxygen atoms in total. The van der Waals surface area contributed by atoms with Gasteiger partial charge in [-0.05, 0) is 115 Å². The molecule has 2 heteroatoms. The highest BCUT2D eigenvalue weighted by Crippen LogP contribution is 2.60. The minimum atomic E-state index is -0.560. The maximum absolute atomic E-state index is 7.06. The Balaban J connectivity index is 1.11. The lowest BCUT2D eigenvalue weighted by Gasteiger charge is -2.35. The SMILES string of the molecule is CC1(C)c2ccccc2-c2ccc(N(c3ccccc3)c3cccc4oc5c6ccccc6c(-c6cccc7c6C(c6ccccc6)(c6ccccc6)c6ccccc6-7)cc5c34)cc21. The molecule has 10 aromatic carbocycles. The zero-order chi connectivity index (χ0) is 42.6. The molecule has 64 heavy (non-hydrogen) atoms. The summed E-state index contributed by atoms with van der Waals surface area (Å²) in [4.78, 5) is 2.43. The van der Waals surface area contributed by atoms with Gasteiger partial charge in [0.1, 0.15) is 11.2 Å². The molecule has 1 heterocycles. The van der Waals surface area contributed by atoms with Crippen LogP contribution in [0, 0.1) is 0 Å². The Kier molecular flexibility index (Phi) is 7.90. The number of hydrogen-bond donors (Lipinski definition) is 0. The van der Waals surface area contributed by atoms with Crippen molar-refractivity contribution in [2.45, 2.75) is 24.7 Å². The quantitative estimate of drug-likeness (QED) is 0.166. The van der Waals surface area contributed by atoms with Crippen LogP contribution in [-0.4, -0.2) is 0 Å². The average molecular weight is 818 g/mol. The lowest BCUT2D eigenvalue weighted by atomic mass is 9.66. The number of para-hydroxylation sites is 1. The molecule has 0 saturated heterocycles. The highest BCUT2D eigenvalue weighted by Gasteiger charge is 2.47. The van der Waals surface area contributed by atoms with E-state index in [2.05, 4.69) is 243 Å². The van der Waals surface area contributed by atoms with Gasteiger partial charge >= 0.3 is 0 Å². The van der Waals surface area contributed by atoms with E-state index in [0.29, 0.717) is 0 Å². The zero-order valence-electron chi connectivity index (χ0n) is 35.7. The van der Waals surface area contributed by atoms with Gasteiger partial charge in [-0.2, -0.15) is 0 Å². The molecule has 0 amide bonds. The lowest BCUT2D eigenvalue weighted by Crippen LogP contribution is -2.29. The zero-order valence-corrected chi connectivity index (χ0v) is 35.7. The minimum absolute atomic E-state index is 0.142. The van der Waals surface area contributed by atoms with Crippen LogP contribution in [0.2, 0.25) is 0 Å². The van der Waals surface area contributed by atoms with Gasteiger partial charge in [0.15, 0.2) is 0 Å². The molecule has 0 saturated carbocycles. The first-order chi connectivity index (χ1) is 31.5. The number of rotatable bonds is 6. The number of nitrogens with zero attached hydrogens (tertiary/aromatic N) is 1. The molecule has 0 N–H and O–H groups in total. The molecular formula is C62H43NO. The van der Waals surface area contributed by atoms with Gasteiger partial charge in [0.2, 0.25) is 0 Å². The van der Waals surface area contributed by atoms with E-state index in [0.717, 1.165) is 49.8 Å². The summed E-state index contributed by atoms with van der Waals surface area (Å²) in [5, 5.41) is 4.44. The van der Waals surface area contributed by atoms with E-state index in [1.165, 1.54) is 66.8 Å². The first-order valence-electron chi connectivity index (χ1n) is 22.3. The summed E-state index contributed by atoms with van der Waals surface area (Å²) in [5.74, 6) is 0. The third kappa shape index (κ3) is 5.02. The van der Waals surface area contributed by atoms with Crippen molar-refractivity contribution in [3.63, 3.8) is 0 Å². The summed E-state index contributed by atoms with van der Waals surface area (Å²) in [5.41, 5.74) is 19.7. The van der Waals surface area contributed by atoms with Crippen LogP contribution in [0.5, 0.6) is 0 Å². The Morgan fingerprint density at radius 2 is 0.922 bits per heavy atom. The van der Waals surface area contributed by atoms with Gasteiger partial charge in [-0.25, -0.2) is 0 Å². The lowest BCUT2D eigenvalue weighted by molar-refractivity contribution is 0.660. The van der Waals surface area contributed by atoms with Gasteiger partial charge in [-0.3, -0.25) is 0 Å². The third-order valence-corrected chi connectivity index (χ3v) is 14.3. The number of fused-ring (bicyclic) bond motifs is 11. The maximum atomic E-state index is 7.06. The van der Waals surface area contributed by atoms with E-state index in [4.69, 9.17) is 4.42 Å². The monoisotopic (exact) mass is 817 g/mol. The second-order valence-electron chi connectivity index (χ2n) is 17.9. The van der Waals surface area contributed by atoms with E-state index < -0.39 is 5.41 Å². The number of furan rings is 1. The van der Waals surface area contributed by atoms with E-state index in [9.17, 15) is 0 Å². The maximum Gasteiger partial charge on any atom is 0.143 e. The Hall–Kier alpha value is -7.94. The standard InChI is InChI=1S/C62H43NO/c1-61(2)53-32-16-14-27-45(53)47-37-36-43(38-55(47)61)63(42-24-10-5-11-25-42)56-34-19-35-57-58(56)52-39-51(44-26-12-13-29-50(44)60(52)64-57)49-31-18-30-48-46-28-15-17-33-54(46)62(59(48)49,40-20-6-3-7-21-40)41-22-8-4-9-23-41/h3-39H,1-2H3. The van der Waals surface area contributed by atoms with Crippen LogP contribution < -0.4 is 4.90 Å². The van der Waals surface area contributed by atoms with Gasteiger partial charge in [0.05, 0.1) is 16.5 Å². The molecule has 2 aliphatic carbocycles. The van der Waals surface area contributed by atoms with Crippen LogP contribution in [-0.2, 0) is 10.8 Å². The molecule has 0 radical (unpaired) electrons. The van der Waals surface area contributed by atoms with Crippen LogP contribution in [0.3, 0.4) is 0 Å². The molecular weight excluding hydrogens is 775 g/mol. The fourth-order valence-electron chi connectivity index (χ4n) is 11.6. The molecule has 1 aromatic heterocycles. The highest BCUT2D eigenvalue weighted by molar-refractivity contribution is 6.23. The van der Waals surface area contributed by atoms with Crippen LogP contribution in [0.25, 0.3) is 66.1 Å². The Labute approximate surface area is 373 Å². The Morgan fingerprint density at radius 3 is 1.64 bits per heavy atom. The van der Waals surface area contributed by atoms with Gasteiger partial charge in [0.25, 0.3) is 0 Å². The van der Waals surface area contributed by atoms with Crippen molar-refractivity contribution >= 4 is 49.8 Å². The average Bonchev–Trinajstić information content (AvgIpc) is 3.97. The normalized spacial score (nSPS) is 14.0. The second kappa shape index (κ2) is 13.8. The van der Waals surface area contributed by atoms with E-state index in [-0.39, 0.29) is 5.41 Å². The summed E-state index contributed by atoms with van der Waals surface area (Å²) >= 11 is 0. The van der Waals surface area contributed by atoms with E-state index >= 15 is 0 Å². The van der Waals surface area contributed by atoms with Crippen molar-refractivity contribution in [2.75, 3.05) is 4.90 Å². The predicted molar refractivity (Wildman–Crippen MR) is 266 cm³/mol. The van der Waals surface area contributed by atoms with Gasteiger partial charge in [0, 0.05) is 27.6 Å². The van der Waals surface area contributed by atoms with Crippen LogP contribution >= 0.6 is 0 Å². The van der Waals surface area contributed by atoms with Gasteiger partial charge in [-0.15, -0.1) is 0 Å². The summed E-state index contributed by atoms with van der Waals surface area (Å²) in [6.45, 7) is 4.71. The number of benzene rings is 10. The number of anilines is 3. The molecule has 13 rings (SSSR count). The van der Waals surface area contributed by atoms with E-state index in [1.807, 2.05) is 0 Å². The highest BCUT2D eigenvalue weighted by atomic mass is 16.3. The van der Waals surface area contributed by atoms with Crippen molar-refractivity contribution < 1.29 is 4.42 Å². The van der Waals surface area contributed by atoms with Crippen molar-refractivity contribution in [3.8, 4) is 33.4 Å². The molecule has 0 fully saturated rings. The Morgan fingerprint density at radius 1 is 0.375 bits per heavy atom. The Bertz CT molecular complexity index is 3600. The molecule has 0 bridgehead atoms. The smallest absolute Gasteiger partial charge is 0.143 e. The van der Waals surface area contributed by atoms with Gasteiger partial charge in [-0.1, -0.05) is 196 Å². The summed E-state index contributed by atoms with van der Waals surface area (Å²) < 4.78 is 7.06. The fourth-order valence-corrected chi connectivity index (χ4v) is 11.6. The molecule has 0 unspecified atom stereocenters. The van der Waals surface area contributed by atoms with Crippen molar-refractivity contribution in [1.29, 1.82) is 0 Å². The number of hydrogen-bond acceptors (Lipinski definition) is 2. The minimum Gasteiger partial charge on any atom is -0.455 e.